The van der Waals surface area contributed by atoms with E-state index in [4.69, 9.17) is 22.9 Å². The van der Waals surface area contributed by atoms with Crippen molar-refractivity contribution in [1.29, 1.82) is 0 Å². The molecule has 0 atom stereocenters. The lowest BCUT2D eigenvalue weighted by Crippen LogP contribution is -2.21. The van der Waals surface area contributed by atoms with E-state index in [0.29, 0.717) is 17.1 Å². The average molecular weight is 571 g/mol. The molecule has 0 aliphatic rings. The lowest BCUT2D eigenvalue weighted by atomic mass is 10.3. The number of rotatable bonds is 8. The third-order valence-corrected chi connectivity index (χ3v) is 4.03. The van der Waals surface area contributed by atoms with E-state index in [-0.39, 0.29) is 55.2 Å². The zero-order chi connectivity index (χ0) is 27.1. The summed E-state index contributed by atoms with van der Waals surface area (Å²) in [7, 11) is 0. The number of hydrogen-bond donors (Lipinski definition) is 6. The first-order valence-corrected chi connectivity index (χ1v) is 10.1. The second-order valence-corrected chi connectivity index (χ2v) is 6.91. The van der Waals surface area contributed by atoms with E-state index in [1.54, 1.807) is 24.3 Å². The first kappa shape index (κ1) is 35.3. The Bertz CT molecular complexity index is 1160. The molecule has 38 heavy (non-hydrogen) atoms. The fraction of sp³-hybridized carbons (Fsp3) is 0.0909. The Labute approximate surface area is 229 Å². The quantitative estimate of drug-likeness (QED) is 0.131. The molecule has 0 heterocycles. The number of nitrogens with zero attached hydrogens (tertiary/aromatic N) is 2. The van der Waals surface area contributed by atoms with Gasteiger partial charge in [-0.3, -0.25) is 29.8 Å². The van der Waals surface area contributed by atoms with Gasteiger partial charge in [-0.1, -0.05) is 0 Å². The number of nitro benzene ring substituents is 2. The van der Waals surface area contributed by atoms with Gasteiger partial charge in [-0.2, -0.15) is 0 Å². The van der Waals surface area contributed by atoms with Crippen molar-refractivity contribution >= 4 is 70.8 Å². The molecule has 0 bridgehead atoms. The monoisotopic (exact) mass is 570 g/mol. The number of hydrogen-bond acceptors (Lipinski definition) is 10. The third kappa shape index (κ3) is 15.2. The number of anilines is 4. The maximum Gasteiger partial charge on any atom is 0.269 e. The Morgan fingerprint density at radius 3 is 1.16 bits per heavy atom. The number of nitrogens with two attached hydrogens (primary N) is 4. The summed E-state index contributed by atoms with van der Waals surface area (Å²) in [5, 5.41) is 25.9. The number of carbonyl (C=O) groups is 2. The normalized spacial score (nSPS) is 8.84. The Morgan fingerprint density at radius 1 is 0.605 bits per heavy atom. The lowest BCUT2D eigenvalue weighted by molar-refractivity contribution is -0.385. The van der Waals surface area contributed by atoms with Crippen LogP contribution in [0, 0.1) is 20.2 Å². The molecule has 2 amide bonds. The molecule has 3 rings (SSSR count). The van der Waals surface area contributed by atoms with Crippen LogP contribution in [-0.4, -0.2) is 34.8 Å². The minimum Gasteiger partial charge on any atom is -0.399 e. The number of nitrogen functional groups attached to an aromatic ring is 2. The molecule has 0 aliphatic heterocycles. The maximum absolute atomic E-state index is 10.4. The molecule has 0 saturated carbocycles. The van der Waals surface area contributed by atoms with E-state index in [9.17, 15) is 29.8 Å². The van der Waals surface area contributed by atoms with Crippen molar-refractivity contribution in [2.75, 3.05) is 35.2 Å². The summed E-state index contributed by atoms with van der Waals surface area (Å²) < 4.78 is 0. The Kier molecular flexibility index (Phi) is 17.2. The number of nitrogens with one attached hydrogen (secondary N) is 2. The summed E-state index contributed by atoms with van der Waals surface area (Å²) in [6.45, 7) is 0.154. The number of amides is 2. The van der Waals surface area contributed by atoms with Gasteiger partial charge >= 0.3 is 0 Å². The molecule has 0 aliphatic carbocycles. The molecule has 0 radical (unpaired) electrons. The van der Waals surface area contributed by atoms with Crippen molar-refractivity contribution in [2.45, 2.75) is 0 Å². The smallest absolute Gasteiger partial charge is 0.269 e. The number of carbonyl (C=O) groups excluding carboxylic acids is 2. The predicted octanol–water partition coefficient (Wildman–Crippen LogP) is 2.68. The third-order valence-electron chi connectivity index (χ3n) is 4.03. The minimum absolute atomic E-state index is 0. The first-order chi connectivity index (χ1) is 17.0. The summed E-state index contributed by atoms with van der Waals surface area (Å²) in [4.78, 5) is 40.2. The Morgan fingerprint density at radius 2 is 0.868 bits per heavy atom. The van der Waals surface area contributed by atoms with Crippen LogP contribution in [0.2, 0.25) is 0 Å². The topological polar surface area (TPSA) is 249 Å². The van der Waals surface area contributed by atoms with Gasteiger partial charge in [0.05, 0.1) is 22.9 Å². The molecule has 206 valence electrons. The predicted molar refractivity (Wildman–Crippen MR) is 151 cm³/mol. The van der Waals surface area contributed by atoms with Crippen molar-refractivity contribution in [1.82, 2.24) is 0 Å². The summed E-state index contributed by atoms with van der Waals surface area (Å²) in [5.41, 5.74) is 23.4. The number of primary amides is 2. The van der Waals surface area contributed by atoms with Crippen molar-refractivity contribution in [2.24, 2.45) is 11.5 Å². The molecule has 3 aromatic rings. The maximum atomic E-state index is 10.4. The van der Waals surface area contributed by atoms with Gasteiger partial charge in [0.2, 0.25) is 11.8 Å². The van der Waals surface area contributed by atoms with Gasteiger partial charge in [-0.15, -0.1) is 24.8 Å². The van der Waals surface area contributed by atoms with E-state index in [1.807, 2.05) is 0 Å². The molecule has 0 fully saturated rings. The molecular weight excluding hydrogens is 543 g/mol. The Balaban J connectivity index is 0. The fourth-order valence-electron chi connectivity index (χ4n) is 2.28. The second-order valence-electron chi connectivity index (χ2n) is 6.91. The van der Waals surface area contributed by atoms with Crippen molar-refractivity contribution in [3.05, 3.63) is 93.0 Å². The van der Waals surface area contributed by atoms with Gasteiger partial charge in [0.15, 0.2) is 0 Å². The number of non-ortho nitro benzene ring substituents is 2. The number of nitro groups is 2. The van der Waals surface area contributed by atoms with Crippen molar-refractivity contribution < 1.29 is 19.4 Å². The largest absolute Gasteiger partial charge is 0.399 e. The zero-order valence-electron chi connectivity index (χ0n) is 19.8. The first-order valence-electron chi connectivity index (χ1n) is 10.1. The van der Waals surface area contributed by atoms with Crippen LogP contribution in [0.15, 0.2) is 72.8 Å². The molecule has 16 heteroatoms. The van der Waals surface area contributed by atoms with Crippen LogP contribution in [0.5, 0.6) is 0 Å². The van der Waals surface area contributed by atoms with E-state index >= 15 is 0 Å². The Hall–Kier alpha value is -4.82. The standard InChI is InChI=1S/C8H9N3O3.C8H11N3O.C6H6N2O2.2ClH/c9-8(12)5-10-6-1-3-7(4-2-6)11(13)14;9-6-1-3-7(4-2-6)11-5-8(10)12;7-5-1-3-6(4-2-5)8(9)10;;/h1-4,10H,5H2,(H2,9,12);1-4,11H,5,9H2,(H2,10,12);1-4H,7H2;2*1H. The highest BCUT2D eigenvalue weighted by Gasteiger charge is 2.03. The van der Waals surface area contributed by atoms with E-state index < -0.39 is 15.8 Å². The zero-order valence-corrected chi connectivity index (χ0v) is 21.4. The SMILES string of the molecule is Cl.Cl.NC(=O)CNc1ccc(N)cc1.NC(=O)CNc1ccc([N+](=O)[O-])cc1.Nc1ccc([N+](=O)[O-])cc1. The summed E-state index contributed by atoms with van der Waals surface area (Å²) in [5.74, 6) is -0.866. The number of halogens is 2. The summed E-state index contributed by atoms with van der Waals surface area (Å²) in [6, 6.07) is 18.6. The average Bonchev–Trinajstić information content (AvgIpc) is 2.83. The van der Waals surface area contributed by atoms with Gasteiger partial charge in [-0.05, 0) is 48.5 Å². The van der Waals surface area contributed by atoms with Crippen molar-refractivity contribution in [3.63, 3.8) is 0 Å². The highest BCUT2D eigenvalue weighted by molar-refractivity contribution is 5.85. The van der Waals surface area contributed by atoms with Crippen LogP contribution in [0.1, 0.15) is 0 Å². The molecule has 14 nitrogen and oxygen atoms in total. The molecule has 0 aromatic heterocycles. The van der Waals surface area contributed by atoms with Gasteiger partial charge in [0.1, 0.15) is 0 Å². The van der Waals surface area contributed by atoms with E-state index in [0.717, 1.165) is 5.69 Å². The highest BCUT2D eigenvalue weighted by atomic mass is 35.5. The number of benzene rings is 3. The molecular formula is C22H28Cl2N8O6. The van der Waals surface area contributed by atoms with Crippen LogP contribution in [0.25, 0.3) is 0 Å². The van der Waals surface area contributed by atoms with E-state index in [2.05, 4.69) is 10.6 Å². The fourth-order valence-corrected chi connectivity index (χ4v) is 2.28. The van der Waals surface area contributed by atoms with Crippen LogP contribution in [-0.2, 0) is 9.59 Å². The van der Waals surface area contributed by atoms with Crippen LogP contribution < -0.4 is 33.6 Å². The van der Waals surface area contributed by atoms with Gasteiger partial charge in [0, 0.05) is 47.0 Å². The molecule has 3 aromatic carbocycles. The van der Waals surface area contributed by atoms with Gasteiger partial charge in [-0.25, -0.2) is 0 Å². The second kappa shape index (κ2) is 18.4. The van der Waals surface area contributed by atoms with Crippen LogP contribution in [0.4, 0.5) is 34.1 Å². The molecule has 0 unspecified atom stereocenters. The van der Waals surface area contributed by atoms with Crippen LogP contribution >= 0.6 is 24.8 Å². The summed E-state index contributed by atoms with van der Waals surface area (Å²) in [6.07, 6.45) is 0. The van der Waals surface area contributed by atoms with E-state index in [1.165, 1.54) is 48.5 Å². The molecule has 10 N–H and O–H groups in total. The van der Waals surface area contributed by atoms with Crippen molar-refractivity contribution in [3.8, 4) is 0 Å². The molecule has 0 spiro atoms. The summed E-state index contributed by atoms with van der Waals surface area (Å²) >= 11 is 0. The minimum atomic E-state index is -0.488. The van der Waals surface area contributed by atoms with Crippen LogP contribution in [0.3, 0.4) is 0 Å². The molecule has 0 saturated heterocycles. The van der Waals surface area contributed by atoms with Gasteiger partial charge < -0.3 is 33.6 Å². The lowest BCUT2D eigenvalue weighted by Gasteiger charge is -2.02. The van der Waals surface area contributed by atoms with Gasteiger partial charge in [0.25, 0.3) is 11.4 Å². The highest BCUT2D eigenvalue weighted by Crippen LogP contribution is 2.15.